The fourth-order valence-electron chi connectivity index (χ4n) is 2.08. The van der Waals surface area contributed by atoms with Crippen molar-refractivity contribution in [1.29, 1.82) is 0 Å². The molecular formula is C14H24N2O6. The number of rotatable bonds is 7. The zero-order valence-electron chi connectivity index (χ0n) is 13.2. The van der Waals surface area contributed by atoms with E-state index in [2.05, 4.69) is 9.64 Å². The minimum absolute atomic E-state index is 0.0367. The Labute approximate surface area is 130 Å². The molecule has 0 aliphatic carbocycles. The first-order valence-corrected chi connectivity index (χ1v) is 7.43. The summed E-state index contributed by atoms with van der Waals surface area (Å²) in [4.78, 5) is 37.6. The van der Waals surface area contributed by atoms with Gasteiger partial charge in [-0.2, -0.15) is 0 Å². The SMILES string of the molecule is CCOC(=O)CCC(=O)OCCN1CCN(C(=O)OC)CC1. The van der Waals surface area contributed by atoms with Crippen LogP contribution in [0.4, 0.5) is 4.79 Å². The highest BCUT2D eigenvalue weighted by Gasteiger charge is 2.21. The van der Waals surface area contributed by atoms with Gasteiger partial charge in [0, 0.05) is 32.7 Å². The Bertz CT molecular complexity index is 380. The van der Waals surface area contributed by atoms with E-state index in [1.165, 1.54) is 7.11 Å². The Morgan fingerprint density at radius 1 is 0.955 bits per heavy atom. The molecule has 22 heavy (non-hydrogen) atoms. The second-order valence-electron chi connectivity index (χ2n) is 4.82. The first-order chi connectivity index (χ1) is 10.6. The Morgan fingerprint density at radius 2 is 1.55 bits per heavy atom. The molecule has 0 aromatic carbocycles. The molecule has 1 saturated heterocycles. The molecule has 1 heterocycles. The van der Waals surface area contributed by atoms with E-state index in [9.17, 15) is 14.4 Å². The minimum Gasteiger partial charge on any atom is -0.466 e. The van der Waals surface area contributed by atoms with E-state index >= 15 is 0 Å². The van der Waals surface area contributed by atoms with Gasteiger partial charge in [0.05, 0.1) is 26.6 Å². The highest BCUT2D eigenvalue weighted by molar-refractivity contribution is 5.77. The van der Waals surface area contributed by atoms with Crippen molar-refractivity contribution in [3.63, 3.8) is 0 Å². The van der Waals surface area contributed by atoms with Crippen LogP contribution in [0.2, 0.25) is 0 Å². The summed E-state index contributed by atoms with van der Waals surface area (Å²) in [6.07, 6.45) is -0.232. The van der Waals surface area contributed by atoms with Crippen LogP contribution in [0.1, 0.15) is 19.8 Å². The van der Waals surface area contributed by atoms with Crippen LogP contribution in [-0.4, -0.2) is 80.9 Å². The summed E-state index contributed by atoms with van der Waals surface area (Å²) in [6, 6.07) is 0. The van der Waals surface area contributed by atoms with Gasteiger partial charge in [-0.05, 0) is 6.92 Å². The van der Waals surface area contributed by atoms with Gasteiger partial charge in [0.1, 0.15) is 6.61 Å². The van der Waals surface area contributed by atoms with Crippen molar-refractivity contribution in [2.45, 2.75) is 19.8 Å². The van der Waals surface area contributed by atoms with E-state index in [4.69, 9.17) is 9.47 Å². The van der Waals surface area contributed by atoms with E-state index in [0.29, 0.717) is 26.2 Å². The zero-order chi connectivity index (χ0) is 16.4. The average Bonchev–Trinajstić information content (AvgIpc) is 2.53. The Hall–Kier alpha value is -1.83. The first-order valence-electron chi connectivity index (χ1n) is 7.43. The maximum Gasteiger partial charge on any atom is 0.409 e. The van der Waals surface area contributed by atoms with Gasteiger partial charge in [-0.3, -0.25) is 14.5 Å². The lowest BCUT2D eigenvalue weighted by molar-refractivity contribution is -0.150. The van der Waals surface area contributed by atoms with Crippen molar-refractivity contribution in [2.24, 2.45) is 0 Å². The molecule has 0 aromatic rings. The zero-order valence-corrected chi connectivity index (χ0v) is 13.2. The van der Waals surface area contributed by atoms with Gasteiger partial charge in [0.15, 0.2) is 0 Å². The van der Waals surface area contributed by atoms with E-state index in [-0.39, 0.29) is 25.5 Å². The largest absolute Gasteiger partial charge is 0.466 e. The Balaban J connectivity index is 2.09. The van der Waals surface area contributed by atoms with Crippen LogP contribution in [-0.2, 0) is 23.8 Å². The summed E-state index contributed by atoms with van der Waals surface area (Å²) in [7, 11) is 1.37. The van der Waals surface area contributed by atoms with Gasteiger partial charge in [-0.15, -0.1) is 0 Å². The number of nitrogens with zero attached hydrogens (tertiary/aromatic N) is 2. The molecule has 0 saturated carbocycles. The summed E-state index contributed by atoms with van der Waals surface area (Å²) >= 11 is 0. The topological polar surface area (TPSA) is 85.4 Å². The third-order valence-corrected chi connectivity index (χ3v) is 3.31. The molecule has 1 fully saturated rings. The van der Waals surface area contributed by atoms with E-state index in [0.717, 1.165) is 13.1 Å². The predicted octanol–water partition coefficient (Wildman–Crippen LogP) is 0.257. The third-order valence-electron chi connectivity index (χ3n) is 3.31. The summed E-state index contributed by atoms with van der Waals surface area (Å²) in [5.74, 6) is -0.792. The van der Waals surface area contributed by atoms with Crippen molar-refractivity contribution in [2.75, 3.05) is 53.0 Å². The lowest BCUT2D eigenvalue weighted by Gasteiger charge is -2.33. The summed E-state index contributed by atoms with van der Waals surface area (Å²) in [5.41, 5.74) is 0. The van der Waals surface area contributed by atoms with Crippen LogP contribution < -0.4 is 0 Å². The standard InChI is InChI=1S/C14H24N2O6/c1-3-21-12(17)4-5-13(18)22-11-10-15-6-8-16(9-7-15)14(19)20-2/h3-11H2,1-2H3. The van der Waals surface area contributed by atoms with Crippen molar-refractivity contribution < 1.29 is 28.6 Å². The monoisotopic (exact) mass is 316 g/mol. The fourth-order valence-corrected chi connectivity index (χ4v) is 2.08. The number of hydrogen-bond acceptors (Lipinski definition) is 7. The molecule has 8 nitrogen and oxygen atoms in total. The molecule has 1 aliphatic heterocycles. The van der Waals surface area contributed by atoms with Crippen LogP contribution in [0.5, 0.6) is 0 Å². The molecule has 0 aromatic heterocycles. The lowest BCUT2D eigenvalue weighted by atomic mass is 10.3. The maximum absolute atomic E-state index is 11.5. The number of esters is 2. The number of piperazine rings is 1. The molecule has 0 radical (unpaired) electrons. The molecular weight excluding hydrogens is 292 g/mol. The van der Waals surface area contributed by atoms with Crippen LogP contribution in [0, 0.1) is 0 Å². The molecule has 1 aliphatic rings. The quantitative estimate of drug-likeness (QED) is 0.492. The molecule has 8 heteroatoms. The number of hydrogen-bond donors (Lipinski definition) is 0. The van der Waals surface area contributed by atoms with Crippen molar-refractivity contribution in [3.05, 3.63) is 0 Å². The van der Waals surface area contributed by atoms with Crippen molar-refractivity contribution >= 4 is 18.0 Å². The van der Waals surface area contributed by atoms with Gasteiger partial charge in [0.25, 0.3) is 0 Å². The number of carbonyl (C=O) groups is 3. The number of amides is 1. The molecule has 126 valence electrons. The van der Waals surface area contributed by atoms with Crippen LogP contribution in [0.15, 0.2) is 0 Å². The molecule has 0 atom stereocenters. The molecule has 1 amide bonds. The Kier molecular flexibility index (Phi) is 8.27. The molecule has 0 unspecified atom stereocenters. The van der Waals surface area contributed by atoms with Gasteiger partial charge in [-0.25, -0.2) is 4.79 Å². The second kappa shape index (κ2) is 9.99. The van der Waals surface area contributed by atoms with Crippen LogP contribution in [0.25, 0.3) is 0 Å². The second-order valence-corrected chi connectivity index (χ2v) is 4.82. The predicted molar refractivity (Wildman–Crippen MR) is 77.2 cm³/mol. The first kappa shape index (κ1) is 18.2. The molecule has 0 N–H and O–H groups in total. The maximum atomic E-state index is 11.5. The Morgan fingerprint density at radius 3 is 2.09 bits per heavy atom. The third kappa shape index (κ3) is 6.75. The molecule has 1 rings (SSSR count). The summed E-state index contributed by atoms with van der Waals surface area (Å²) < 4.78 is 14.5. The number of ether oxygens (including phenoxy) is 3. The fraction of sp³-hybridized carbons (Fsp3) is 0.786. The molecule has 0 bridgehead atoms. The van der Waals surface area contributed by atoms with Gasteiger partial charge in [0.2, 0.25) is 0 Å². The average molecular weight is 316 g/mol. The smallest absolute Gasteiger partial charge is 0.409 e. The highest BCUT2D eigenvalue weighted by Crippen LogP contribution is 2.03. The minimum atomic E-state index is -0.402. The van der Waals surface area contributed by atoms with Crippen molar-refractivity contribution in [1.82, 2.24) is 9.80 Å². The summed E-state index contributed by atoms with van der Waals surface area (Å²) in [6.45, 7) is 5.56. The van der Waals surface area contributed by atoms with Crippen LogP contribution in [0.3, 0.4) is 0 Å². The molecule has 0 spiro atoms. The van der Waals surface area contributed by atoms with Crippen molar-refractivity contribution in [3.8, 4) is 0 Å². The van der Waals surface area contributed by atoms with Gasteiger partial charge < -0.3 is 19.1 Å². The van der Waals surface area contributed by atoms with E-state index in [1.807, 2.05) is 0 Å². The normalized spacial score (nSPS) is 15.3. The lowest BCUT2D eigenvalue weighted by Crippen LogP contribution is -2.49. The van der Waals surface area contributed by atoms with Gasteiger partial charge >= 0.3 is 18.0 Å². The van der Waals surface area contributed by atoms with Crippen LogP contribution >= 0.6 is 0 Å². The van der Waals surface area contributed by atoms with E-state index in [1.54, 1.807) is 11.8 Å². The van der Waals surface area contributed by atoms with E-state index < -0.39 is 11.9 Å². The highest BCUT2D eigenvalue weighted by atomic mass is 16.5. The van der Waals surface area contributed by atoms with Gasteiger partial charge in [-0.1, -0.05) is 0 Å². The number of carbonyl (C=O) groups excluding carboxylic acids is 3. The number of methoxy groups -OCH3 is 1. The summed E-state index contributed by atoms with van der Waals surface area (Å²) in [5, 5.41) is 0.